The number of rotatable bonds is 49. The van der Waals surface area contributed by atoms with Crippen LogP contribution in [0.5, 0.6) is 0 Å². The molecule has 55 heavy (non-hydrogen) atoms. The Kier molecular flexibility index (Phi) is 48.1. The van der Waals surface area contributed by atoms with E-state index in [1.54, 1.807) is 0 Å². The lowest BCUT2D eigenvalue weighted by molar-refractivity contribution is 0.170. The molecule has 0 fully saturated rings. The van der Waals surface area contributed by atoms with E-state index in [1.807, 2.05) is 0 Å². The van der Waals surface area contributed by atoms with Crippen LogP contribution >= 0.6 is 0 Å². The van der Waals surface area contributed by atoms with Gasteiger partial charge in [-0.15, -0.1) is 0 Å². The second kappa shape index (κ2) is 48.3. The SMILES string of the molecule is CCCCCCCCCCCCCCN(CCCCCCCCCCCCCC)CCN(CCCCCCCCCCCCCC)CCN(CCC)CCC. The van der Waals surface area contributed by atoms with Gasteiger partial charge >= 0.3 is 0 Å². The van der Waals surface area contributed by atoms with Gasteiger partial charge in [0.05, 0.1) is 0 Å². The Bertz CT molecular complexity index is 633. The van der Waals surface area contributed by atoms with E-state index in [9.17, 15) is 0 Å². The molecule has 0 spiro atoms. The molecule has 332 valence electrons. The highest BCUT2D eigenvalue weighted by Gasteiger charge is 2.12. The van der Waals surface area contributed by atoms with E-state index in [1.165, 1.54) is 303 Å². The van der Waals surface area contributed by atoms with E-state index in [2.05, 4.69) is 49.3 Å². The van der Waals surface area contributed by atoms with Gasteiger partial charge in [0, 0.05) is 26.2 Å². The summed E-state index contributed by atoms with van der Waals surface area (Å²) in [5.74, 6) is 0. The zero-order valence-corrected chi connectivity index (χ0v) is 39.6. The van der Waals surface area contributed by atoms with E-state index in [0.717, 1.165) is 0 Å². The molecule has 0 heterocycles. The second-order valence-electron chi connectivity index (χ2n) is 18.2. The molecular weight excluding hydrogens is 667 g/mol. The molecule has 0 saturated heterocycles. The van der Waals surface area contributed by atoms with Crippen LogP contribution in [0, 0.1) is 0 Å². The molecule has 0 N–H and O–H groups in total. The highest BCUT2D eigenvalue weighted by Crippen LogP contribution is 2.16. The van der Waals surface area contributed by atoms with Crippen LogP contribution in [0.4, 0.5) is 0 Å². The highest BCUT2D eigenvalue weighted by molar-refractivity contribution is 4.68. The van der Waals surface area contributed by atoms with Crippen molar-refractivity contribution in [1.29, 1.82) is 0 Å². The minimum atomic E-state index is 1.26. The summed E-state index contributed by atoms with van der Waals surface area (Å²) in [6, 6.07) is 0. The van der Waals surface area contributed by atoms with Crippen molar-refractivity contribution >= 4 is 0 Å². The van der Waals surface area contributed by atoms with Gasteiger partial charge in [-0.3, -0.25) is 0 Å². The van der Waals surface area contributed by atoms with Crippen molar-refractivity contribution in [3.8, 4) is 0 Å². The molecule has 0 atom stereocenters. The summed E-state index contributed by atoms with van der Waals surface area (Å²) in [6.07, 6.45) is 54.7. The number of nitrogens with zero attached hydrogens (tertiary/aromatic N) is 3. The molecule has 0 saturated carbocycles. The summed E-state index contributed by atoms with van der Waals surface area (Å²) in [7, 11) is 0. The molecule has 3 heteroatoms. The van der Waals surface area contributed by atoms with Gasteiger partial charge in [0.25, 0.3) is 0 Å². The lowest BCUT2D eigenvalue weighted by Crippen LogP contribution is -2.41. The lowest BCUT2D eigenvalue weighted by Gasteiger charge is -2.30. The van der Waals surface area contributed by atoms with E-state index < -0.39 is 0 Å². The maximum absolute atomic E-state index is 2.90. The van der Waals surface area contributed by atoms with Gasteiger partial charge in [-0.05, 0) is 64.8 Å². The first kappa shape index (κ1) is 54.9. The topological polar surface area (TPSA) is 9.72 Å². The van der Waals surface area contributed by atoms with Gasteiger partial charge in [0.15, 0.2) is 0 Å². The molecule has 0 aliphatic heterocycles. The number of unbranched alkanes of at least 4 members (excludes halogenated alkanes) is 33. The van der Waals surface area contributed by atoms with Gasteiger partial charge in [-0.2, -0.15) is 0 Å². The zero-order valence-electron chi connectivity index (χ0n) is 39.6. The van der Waals surface area contributed by atoms with Gasteiger partial charge in [-0.25, -0.2) is 0 Å². The fourth-order valence-electron chi connectivity index (χ4n) is 8.73. The largest absolute Gasteiger partial charge is 0.302 e. The molecule has 0 aromatic carbocycles. The third-order valence-corrected chi connectivity index (χ3v) is 12.5. The first-order valence-electron chi connectivity index (χ1n) is 26.4. The molecule has 0 aliphatic carbocycles. The molecule has 3 nitrogen and oxygen atoms in total. The van der Waals surface area contributed by atoms with Crippen molar-refractivity contribution in [3.63, 3.8) is 0 Å². The fourth-order valence-corrected chi connectivity index (χ4v) is 8.73. The van der Waals surface area contributed by atoms with Crippen LogP contribution in [0.25, 0.3) is 0 Å². The smallest absolute Gasteiger partial charge is 0.0110 e. The minimum absolute atomic E-state index is 1.26. The average molecular weight is 776 g/mol. The summed E-state index contributed by atoms with van der Waals surface area (Å²) < 4.78 is 0. The predicted octanol–water partition coefficient (Wildman–Crippen LogP) is 16.8. The number of hydrogen-bond acceptors (Lipinski definition) is 3. The van der Waals surface area contributed by atoms with Crippen LogP contribution in [0.15, 0.2) is 0 Å². The van der Waals surface area contributed by atoms with Gasteiger partial charge < -0.3 is 14.7 Å². The average Bonchev–Trinajstić information content (AvgIpc) is 3.19. The predicted molar refractivity (Wildman–Crippen MR) is 253 cm³/mol. The van der Waals surface area contributed by atoms with Crippen LogP contribution in [0.3, 0.4) is 0 Å². The maximum atomic E-state index is 2.90. The monoisotopic (exact) mass is 776 g/mol. The molecule has 0 amide bonds. The summed E-state index contributed by atoms with van der Waals surface area (Å²) >= 11 is 0. The molecule has 0 aromatic rings. The van der Waals surface area contributed by atoms with Crippen molar-refractivity contribution in [1.82, 2.24) is 14.7 Å². The van der Waals surface area contributed by atoms with E-state index in [0.29, 0.717) is 0 Å². The first-order valence-corrected chi connectivity index (χ1v) is 26.4. The Morgan fingerprint density at radius 2 is 0.309 bits per heavy atom. The van der Waals surface area contributed by atoms with Crippen molar-refractivity contribution in [2.45, 2.75) is 279 Å². The van der Waals surface area contributed by atoms with Crippen LogP contribution in [0.2, 0.25) is 0 Å². The van der Waals surface area contributed by atoms with Crippen LogP contribution in [-0.4, -0.2) is 73.6 Å². The molecular formula is C52H109N3. The van der Waals surface area contributed by atoms with Crippen LogP contribution in [0.1, 0.15) is 279 Å². The van der Waals surface area contributed by atoms with Crippen molar-refractivity contribution in [2.24, 2.45) is 0 Å². The molecule has 0 radical (unpaired) electrons. The molecule has 0 bridgehead atoms. The van der Waals surface area contributed by atoms with Crippen LogP contribution in [-0.2, 0) is 0 Å². The standard InChI is InChI=1S/C52H109N3/c1-6-11-14-17-20-23-26-29-32-35-38-41-46-54(47-42-39-36-33-30-27-24-21-18-15-12-7-2)50-52-55(51-49-53(44-9-4)45-10-5)48-43-40-37-34-31-28-25-22-19-16-13-8-3/h6-52H2,1-5H3. The minimum Gasteiger partial charge on any atom is -0.302 e. The van der Waals surface area contributed by atoms with Gasteiger partial charge in [0.2, 0.25) is 0 Å². The van der Waals surface area contributed by atoms with Crippen molar-refractivity contribution in [2.75, 3.05) is 58.9 Å². The van der Waals surface area contributed by atoms with E-state index in [-0.39, 0.29) is 0 Å². The first-order chi connectivity index (χ1) is 27.2. The summed E-state index contributed by atoms with van der Waals surface area (Å²) in [6.45, 7) is 23.3. The van der Waals surface area contributed by atoms with E-state index in [4.69, 9.17) is 0 Å². The van der Waals surface area contributed by atoms with Gasteiger partial charge in [-0.1, -0.05) is 247 Å². The number of hydrogen-bond donors (Lipinski definition) is 0. The van der Waals surface area contributed by atoms with E-state index >= 15 is 0 Å². The molecule has 0 rings (SSSR count). The maximum Gasteiger partial charge on any atom is 0.0110 e. The molecule has 0 aromatic heterocycles. The van der Waals surface area contributed by atoms with Crippen molar-refractivity contribution < 1.29 is 0 Å². The van der Waals surface area contributed by atoms with Crippen molar-refractivity contribution in [3.05, 3.63) is 0 Å². The summed E-state index contributed by atoms with van der Waals surface area (Å²) in [5.41, 5.74) is 0. The third kappa shape index (κ3) is 43.3. The summed E-state index contributed by atoms with van der Waals surface area (Å²) in [4.78, 5) is 8.52. The highest BCUT2D eigenvalue weighted by atomic mass is 15.2. The Morgan fingerprint density at radius 3 is 0.509 bits per heavy atom. The lowest BCUT2D eigenvalue weighted by atomic mass is 10.0. The Hall–Kier alpha value is -0.120. The second-order valence-corrected chi connectivity index (χ2v) is 18.2. The summed E-state index contributed by atoms with van der Waals surface area (Å²) in [5, 5.41) is 0. The Morgan fingerprint density at radius 1 is 0.145 bits per heavy atom. The third-order valence-electron chi connectivity index (χ3n) is 12.5. The van der Waals surface area contributed by atoms with Gasteiger partial charge in [0.1, 0.15) is 0 Å². The van der Waals surface area contributed by atoms with Crippen LogP contribution < -0.4 is 0 Å². The normalized spacial score (nSPS) is 12.0. The Balaban J connectivity index is 4.76. The Labute approximate surface area is 351 Å². The molecule has 0 unspecified atom stereocenters. The quantitative estimate of drug-likeness (QED) is 0.0570. The zero-order chi connectivity index (χ0) is 40.0. The fraction of sp³-hybridized carbons (Fsp3) is 1.00. The molecule has 0 aliphatic rings.